The van der Waals surface area contributed by atoms with Gasteiger partial charge in [0.05, 0.1) is 24.2 Å². The molecule has 1 heterocycles. The largest absolute Gasteiger partial charge is 0.497 e. The molecule has 2 aromatic carbocycles. The van der Waals surface area contributed by atoms with Gasteiger partial charge in [0.25, 0.3) is 0 Å². The molecule has 6 atom stereocenters. The minimum Gasteiger partial charge on any atom is -0.497 e. The Morgan fingerprint density at radius 2 is 1.75 bits per heavy atom. The zero-order valence-corrected chi connectivity index (χ0v) is 29.9. The van der Waals surface area contributed by atoms with Crippen LogP contribution in [0.2, 0.25) is 0 Å². The highest BCUT2D eigenvalue weighted by atomic mass is 16.5. The van der Waals surface area contributed by atoms with Crippen LogP contribution in [0.4, 0.5) is 0 Å². The molecule has 6 rings (SSSR count). The highest BCUT2D eigenvalue weighted by Gasteiger charge is 2.61. The fraction of sp³-hybridized carbons (Fsp3) is 0.488. The van der Waals surface area contributed by atoms with Gasteiger partial charge in [-0.3, -0.25) is 14.4 Å². The number of fused-ring (bicyclic) bond motifs is 1. The molecule has 270 valence electrons. The van der Waals surface area contributed by atoms with Gasteiger partial charge in [0.1, 0.15) is 28.9 Å². The van der Waals surface area contributed by atoms with Gasteiger partial charge in [-0.25, -0.2) is 9.78 Å². The average Bonchev–Trinajstić information content (AvgIpc) is 3.37. The molecular formula is C41H49N3O7. The number of rotatable bonds is 13. The van der Waals surface area contributed by atoms with Crippen molar-refractivity contribution in [3.05, 3.63) is 67.3 Å². The number of Topliss-reactive ketones (excluding diaryl/α,β-unsaturated/α-hetero) is 1. The number of nitrogens with one attached hydrogen (secondary N) is 2. The third kappa shape index (κ3) is 7.65. The zero-order valence-electron chi connectivity index (χ0n) is 29.9. The molecular weight excluding hydrogens is 646 g/mol. The second kappa shape index (κ2) is 14.5. The smallest absolute Gasteiger partial charge is 0.330 e. The normalized spacial score (nSPS) is 25.2. The van der Waals surface area contributed by atoms with Crippen molar-refractivity contribution >= 4 is 34.5 Å². The molecule has 0 bridgehead atoms. The van der Waals surface area contributed by atoms with Crippen LogP contribution in [0.5, 0.6) is 11.5 Å². The van der Waals surface area contributed by atoms with Gasteiger partial charge in [-0.1, -0.05) is 70.0 Å². The van der Waals surface area contributed by atoms with Crippen LogP contribution in [-0.4, -0.2) is 58.5 Å². The number of carboxylic acids is 1. The highest BCUT2D eigenvalue weighted by Crippen LogP contribution is 2.46. The Hall–Kier alpha value is -4.73. The van der Waals surface area contributed by atoms with Crippen LogP contribution in [-0.2, 0) is 19.2 Å². The number of nitrogens with zero attached hydrogens (tertiary/aromatic N) is 1. The van der Waals surface area contributed by atoms with E-state index in [0.29, 0.717) is 22.7 Å². The molecule has 2 amide bonds. The Bertz CT molecular complexity index is 1810. The number of hydrogen-bond acceptors (Lipinski definition) is 7. The van der Waals surface area contributed by atoms with Crippen LogP contribution >= 0.6 is 0 Å². The molecule has 0 unspecified atom stereocenters. The Balaban J connectivity index is 1.30. The van der Waals surface area contributed by atoms with Crippen LogP contribution in [0.1, 0.15) is 72.1 Å². The van der Waals surface area contributed by atoms with Crippen molar-refractivity contribution in [3.63, 3.8) is 0 Å². The van der Waals surface area contributed by atoms with Crippen LogP contribution in [0.15, 0.2) is 67.3 Å². The summed E-state index contributed by atoms with van der Waals surface area (Å²) in [6.07, 6.45) is 5.66. The Morgan fingerprint density at radius 1 is 1.04 bits per heavy atom. The monoisotopic (exact) mass is 695 g/mol. The van der Waals surface area contributed by atoms with Crippen molar-refractivity contribution < 1.29 is 33.8 Å². The van der Waals surface area contributed by atoms with Crippen molar-refractivity contribution in [3.8, 4) is 22.8 Å². The third-order valence-electron chi connectivity index (χ3n) is 11.1. The summed E-state index contributed by atoms with van der Waals surface area (Å²) in [5, 5.41) is 16.8. The third-order valence-corrected chi connectivity index (χ3v) is 11.1. The summed E-state index contributed by atoms with van der Waals surface area (Å²) in [7, 11) is 1.59. The molecule has 3 aliphatic carbocycles. The van der Waals surface area contributed by atoms with Crippen molar-refractivity contribution in [1.29, 1.82) is 0 Å². The maximum absolute atomic E-state index is 14.3. The number of aromatic nitrogens is 1. The first-order valence-electron chi connectivity index (χ1n) is 18.0. The molecule has 0 spiro atoms. The van der Waals surface area contributed by atoms with E-state index >= 15 is 0 Å². The van der Waals surface area contributed by atoms with Crippen molar-refractivity contribution in [2.24, 2.45) is 29.1 Å². The molecule has 3 aromatic rings. The molecule has 0 radical (unpaired) electrons. The predicted octanol–water partition coefficient (Wildman–Crippen LogP) is 6.51. The van der Waals surface area contributed by atoms with Crippen LogP contribution < -0.4 is 20.1 Å². The van der Waals surface area contributed by atoms with E-state index in [1.807, 2.05) is 75.4 Å². The van der Waals surface area contributed by atoms with Gasteiger partial charge in [-0.15, -0.1) is 6.58 Å². The summed E-state index contributed by atoms with van der Waals surface area (Å²) in [5.41, 5.74) is 0.312. The van der Waals surface area contributed by atoms with E-state index in [1.54, 1.807) is 13.2 Å². The summed E-state index contributed by atoms with van der Waals surface area (Å²) in [6.45, 7) is 9.61. The number of methoxy groups -OCH3 is 1. The van der Waals surface area contributed by atoms with Gasteiger partial charge in [-0.05, 0) is 49.7 Å². The number of ether oxygens (including phenoxy) is 2. The number of carbonyl (C=O) groups excluding carboxylic acids is 3. The standard InChI is InChI=1S/C41H49N3O7/c1-6-25-23-41(25,39(48)49)44-37(46)31-19-28(18-30(31)35(45)21-32(40(2,3)4)38(47)42-26-14-10-11-15-26)51-36-22-33(24-12-8-7-9-13-24)43-34-20-27(50-5)16-17-29(34)36/h6-9,12-13,16-17,20,22,25-26,28,30-32H,1,10-11,14-15,18-19,21,23H2,2-5H3,(H,42,47)(H,44,46)(H,48,49)/t25-,28+,30-,31-,32-,41-/m1/s1. The van der Waals surface area contributed by atoms with Crippen LogP contribution in [0.25, 0.3) is 22.2 Å². The Morgan fingerprint density at radius 3 is 2.37 bits per heavy atom. The number of carboxylic acid groups (broad SMARTS) is 1. The maximum Gasteiger partial charge on any atom is 0.330 e. The van der Waals surface area contributed by atoms with Crippen LogP contribution in [0, 0.1) is 29.1 Å². The Kier molecular flexibility index (Phi) is 10.2. The minimum absolute atomic E-state index is 0.0291. The quantitative estimate of drug-likeness (QED) is 0.172. The summed E-state index contributed by atoms with van der Waals surface area (Å²) >= 11 is 0. The molecule has 51 heavy (non-hydrogen) atoms. The summed E-state index contributed by atoms with van der Waals surface area (Å²) in [6, 6.07) is 17.3. The molecule has 10 nitrogen and oxygen atoms in total. The number of benzene rings is 2. The van der Waals surface area contributed by atoms with E-state index in [9.17, 15) is 24.3 Å². The SMILES string of the molecule is C=C[C@@H]1C[C@]1(NC(=O)[C@@H]1C[C@@H](Oc2cc(-c3ccccc3)nc3cc(OC)ccc23)C[C@H]1C(=O)C[C@H](C(=O)NC1CCCC1)C(C)(C)C)C(=O)O. The topological polar surface area (TPSA) is 144 Å². The lowest BCUT2D eigenvalue weighted by Crippen LogP contribution is -2.49. The average molecular weight is 696 g/mol. The summed E-state index contributed by atoms with van der Waals surface area (Å²) in [5.74, 6) is -3.37. The number of ketones is 1. The summed E-state index contributed by atoms with van der Waals surface area (Å²) < 4.78 is 12.2. The van der Waals surface area contributed by atoms with Gasteiger partial charge in [0.2, 0.25) is 11.8 Å². The fourth-order valence-corrected chi connectivity index (χ4v) is 7.91. The number of hydrogen-bond donors (Lipinski definition) is 3. The van der Waals surface area contributed by atoms with E-state index in [-0.39, 0.29) is 43.4 Å². The second-order valence-electron chi connectivity index (χ2n) is 15.6. The second-order valence-corrected chi connectivity index (χ2v) is 15.6. The molecule has 3 N–H and O–H groups in total. The van der Waals surface area contributed by atoms with Crippen molar-refractivity contribution in [2.75, 3.05) is 7.11 Å². The molecule has 10 heteroatoms. The molecule has 3 saturated carbocycles. The lowest BCUT2D eigenvalue weighted by molar-refractivity contribution is -0.145. The molecule has 0 aliphatic heterocycles. The maximum atomic E-state index is 14.3. The first-order valence-corrected chi connectivity index (χ1v) is 18.0. The summed E-state index contributed by atoms with van der Waals surface area (Å²) in [4.78, 5) is 59.2. The van der Waals surface area contributed by atoms with Gasteiger partial charge < -0.3 is 25.2 Å². The van der Waals surface area contributed by atoms with Gasteiger partial charge in [-0.2, -0.15) is 0 Å². The van der Waals surface area contributed by atoms with Crippen molar-refractivity contribution in [1.82, 2.24) is 15.6 Å². The van der Waals surface area contributed by atoms with Gasteiger partial charge in [0.15, 0.2) is 0 Å². The molecule has 3 aliphatic rings. The van der Waals surface area contributed by atoms with E-state index in [0.717, 1.165) is 36.6 Å². The van der Waals surface area contributed by atoms with Crippen molar-refractivity contribution in [2.45, 2.75) is 89.8 Å². The fourth-order valence-electron chi connectivity index (χ4n) is 7.91. The molecule has 1 aromatic heterocycles. The Labute approximate surface area is 299 Å². The highest BCUT2D eigenvalue weighted by molar-refractivity contribution is 5.96. The first kappa shape index (κ1) is 36.1. The minimum atomic E-state index is -1.44. The lowest BCUT2D eigenvalue weighted by atomic mass is 9.74. The lowest BCUT2D eigenvalue weighted by Gasteiger charge is -2.31. The molecule has 0 saturated heterocycles. The first-order chi connectivity index (χ1) is 24.3. The number of aliphatic carboxylic acids is 1. The van der Waals surface area contributed by atoms with E-state index in [4.69, 9.17) is 14.5 Å². The van der Waals surface area contributed by atoms with Gasteiger partial charge in [0, 0.05) is 53.3 Å². The zero-order chi connectivity index (χ0) is 36.5. The predicted molar refractivity (Wildman–Crippen MR) is 194 cm³/mol. The van der Waals surface area contributed by atoms with Gasteiger partial charge >= 0.3 is 5.97 Å². The van der Waals surface area contributed by atoms with E-state index in [1.165, 1.54) is 0 Å². The number of pyridine rings is 1. The molecule has 3 fully saturated rings. The van der Waals surface area contributed by atoms with E-state index < -0.39 is 52.6 Å². The number of carbonyl (C=O) groups is 4. The van der Waals surface area contributed by atoms with Crippen LogP contribution in [0.3, 0.4) is 0 Å². The van der Waals surface area contributed by atoms with E-state index in [2.05, 4.69) is 17.2 Å². The number of amides is 2.